The molecule has 0 saturated carbocycles. The predicted molar refractivity (Wildman–Crippen MR) is 83.0 cm³/mol. The third-order valence-corrected chi connectivity index (χ3v) is 3.44. The Kier molecular flexibility index (Phi) is 3.72. The largest absolute Gasteiger partial charge is 0.366 e. The molecule has 2 unspecified atom stereocenters. The van der Waals surface area contributed by atoms with Crippen molar-refractivity contribution in [1.82, 2.24) is 10.3 Å². The van der Waals surface area contributed by atoms with E-state index in [1.807, 2.05) is 29.2 Å². The van der Waals surface area contributed by atoms with E-state index < -0.39 is 5.41 Å². The Morgan fingerprint density at radius 3 is 2.95 bits per heavy atom. The zero-order valence-corrected chi connectivity index (χ0v) is 12.8. The lowest BCUT2D eigenvalue weighted by molar-refractivity contribution is 0.306. The molecule has 110 valence electrons. The van der Waals surface area contributed by atoms with Crippen LogP contribution in [0.1, 0.15) is 19.0 Å². The molecule has 1 aromatic carbocycles. The number of aliphatic imine (C=N–C) groups is 1. The molecule has 0 radical (unpaired) electrons. The number of anilines is 1. The molecular weight excluding hydrogens is 290 g/mol. The van der Waals surface area contributed by atoms with Crippen molar-refractivity contribution in [3.63, 3.8) is 0 Å². The molecule has 5 nitrogen and oxygen atoms in total. The van der Waals surface area contributed by atoms with Crippen molar-refractivity contribution in [2.75, 3.05) is 18.0 Å². The van der Waals surface area contributed by atoms with Crippen molar-refractivity contribution >= 4 is 26.3 Å². The highest BCUT2D eigenvalue weighted by molar-refractivity contribution is 7.18. The van der Waals surface area contributed by atoms with Gasteiger partial charge in [0.2, 0.25) is 0 Å². The number of benzene rings is 1. The first-order valence-electron chi connectivity index (χ1n) is 6.70. The van der Waals surface area contributed by atoms with Crippen molar-refractivity contribution in [3.8, 4) is 0 Å². The van der Waals surface area contributed by atoms with E-state index in [0.717, 1.165) is 17.1 Å². The van der Waals surface area contributed by atoms with Gasteiger partial charge < -0.3 is 4.90 Å². The third kappa shape index (κ3) is 3.27. The number of alkyl halides is 1. The first kappa shape index (κ1) is 14.1. The lowest BCUT2D eigenvalue weighted by Gasteiger charge is -2.29. The molecule has 1 aliphatic heterocycles. The lowest BCUT2D eigenvalue weighted by Crippen LogP contribution is -2.35. The topological polar surface area (TPSA) is 54.5 Å². The highest BCUT2D eigenvalue weighted by Gasteiger charge is 2.25. The number of halogens is 1. The van der Waals surface area contributed by atoms with Gasteiger partial charge in [0, 0.05) is 13.0 Å². The van der Waals surface area contributed by atoms with E-state index in [4.69, 9.17) is 0 Å². The molecule has 1 aliphatic rings. The summed E-state index contributed by atoms with van der Waals surface area (Å²) in [7, 11) is 2.24. The Morgan fingerprint density at radius 1 is 1.43 bits per heavy atom. The molecule has 0 N–H and O–H groups in total. The van der Waals surface area contributed by atoms with Gasteiger partial charge in [-0.3, -0.25) is 0 Å². The van der Waals surface area contributed by atoms with Crippen LogP contribution in [0, 0.1) is 0 Å². The fourth-order valence-electron chi connectivity index (χ4n) is 2.40. The molecule has 0 fully saturated rings. The Balaban J connectivity index is 1.97. The SMILES string of the molecule is CC(F)(P)CN1CCC(c2cnon2)=Nc2ccccc21. The summed E-state index contributed by atoms with van der Waals surface area (Å²) < 4.78 is 18.7. The van der Waals surface area contributed by atoms with Crippen LogP contribution in [-0.2, 0) is 0 Å². The van der Waals surface area contributed by atoms with Crippen molar-refractivity contribution in [1.29, 1.82) is 0 Å². The summed E-state index contributed by atoms with van der Waals surface area (Å²) in [6.45, 7) is 2.50. The third-order valence-electron chi connectivity index (χ3n) is 3.25. The molecule has 3 rings (SSSR count). The van der Waals surface area contributed by atoms with Gasteiger partial charge in [0.05, 0.1) is 23.6 Å². The van der Waals surface area contributed by atoms with Crippen LogP contribution in [0.3, 0.4) is 0 Å². The van der Waals surface area contributed by atoms with Crippen molar-refractivity contribution in [2.24, 2.45) is 4.99 Å². The molecule has 0 amide bonds. The molecule has 0 saturated heterocycles. The second-order valence-corrected chi connectivity index (χ2v) is 6.49. The van der Waals surface area contributed by atoms with Crippen molar-refractivity contribution < 1.29 is 9.02 Å². The molecule has 7 heteroatoms. The van der Waals surface area contributed by atoms with Gasteiger partial charge in [0.1, 0.15) is 17.3 Å². The fraction of sp³-hybridized carbons (Fsp3) is 0.357. The molecule has 2 atom stereocenters. The van der Waals surface area contributed by atoms with Crippen LogP contribution < -0.4 is 4.90 Å². The van der Waals surface area contributed by atoms with E-state index in [0.29, 0.717) is 18.7 Å². The van der Waals surface area contributed by atoms with Crippen LogP contribution in [-0.4, -0.2) is 34.5 Å². The molecule has 21 heavy (non-hydrogen) atoms. The van der Waals surface area contributed by atoms with Gasteiger partial charge in [0.25, 0.3) is 0 Å². The van der Waals surface area contributed by atoms with E-state index in [-0.39, 0.29) is 6.54 Å². The molecular formula is C14H16FN4OP. The predicted octanol–water partition coefficient (Wildman–Crippen LogP) is 2.96. The Morgan fingerprint density at radius 2 is 2.24 bits per heavy atom. The van der Waals surface area contributed by atoms with Crippen LogP contribution in [0.2, 0.25) is 0 Å². The number of hydrogen-bond donors (Lipinski definition) is 0. The van der Waals surface area contributed by atoms with E-state index in [9.17, 15) is 4.39 Å². The van der Waals surface area contributed by atoms with Crippen LogP contribution in [0.4, 0.5) is 15.8 Å². The first-order chi connectivity index (χ1) is 10.0. The monoisotopic (exact) mass is 306 g/mol. The number of nitrogens with zero attached hydrogens (tertiary/aromatic N) is 4. The Bertz CT molecular complexity index is 651. The summed E-state index contributed by atoms with van der Waals surface area (Å²) in [5.41, 5.74) is 3.16. The van der Waals surface area contributed by atoms with E-state index >= 15 is 0 Å². The summed E-state index contributed by atoms with van der Waals surface area (Å²) in [6, 6.07) is 7.72. The molecule has 0 aliphatic carbocycles. The van der Waals surface area contributed by atoms with Gasteiger partial charge in [-0.15, -0.1) is 0 Å². The quantitative estimate of drug-likeness (QED) is 0.818. The Labute approximate surface area is 124 Å². The van der Waals surface area contributed by atoms with Crippen molar-refractivity contribution in [2.45, 2.75) is 18.8 Å². The van der Waals surface area contributed by atoms with Gasteiger partial charge in [-0.1, -0.05) is 26.5 Å². The van der Waals surface area contributed by atoms with Crippen molar-refractivity contribution in [3.05, 3.63) is 36.2 Å². The number of para-hydroxylation sites is 2. The maximum absolute atomic E-state index is 14.0. The number of hydrogen-bond acceptors (Lipinski definition) is 5. The van der Waals surface area contributed by atoms with Gasteiger partial charge in [0.15, 0.2) is 0 Å². The smallest absolute Gasteiger partial charge is 0.149 e. The lowest BCUT2D eigenvalue weighted by atomic mass is 10.2. The van der Waals surface area contributed by atoms with Crippen LogP contribution in [0.5, 0.6) is 0 Å². The van der Waals surface area contributed by atoms with Gasteiger partial charge >= 0.3 is 0 Å². The normalized spacial score (nSPS) is 17.7. The maximum Gasteiger partial charge on any atom is 0.149 e. The minimum atomic E-state index is -1.35. The number of fused-ring (bicyclic) bond motifs is 1. The highest BCUT2D eigenvalue weighted by atomic mass is 31.0. The first-order valence-corrected chi connectivity index (χ1v) is 7.28. The van der Waals surface area contributed by atoms with Crippen LogP contribution in [0.15, 0.2) is 40.1 Å². The summed E-state index contributed by atoms with van der Waals surface area (Å²) in [4.78, 5) is 6.65. The van der Waals surface area contributed by atoms with Gasteiger partial charge in [-0.2, -0.15) is 0 Å². The second kappa shape index (κ2) is 5.53. The average Bonchev–Trinajstić information content (AvgIpc) is 2.89. The summed E-state index contributed by atoms with van der Waals surface area (Å²) >= 11 is 0. The molecule has 0 spiro atoms. The summed E-state index contributed by atoms with van der Waals surface area (Å²) in [6.07, 6.45) is 2.20. The Hall–Kier alpha value is -1.81. The summed E-state index contributed by atoms with van der Waals surface area (Å²) in [5.74, 6) is 0. The van der Waals surface area contributed by atoms with Gasteiger partial charge in [-0.25, -0.2) is 14.0 Å². The fourth-order valence-corrected chi connectivity index (χ4v) is 2.62. The van der Waals surface area contributed by atoms with E-state index in [1.54, 1.807) is 13.1 Å². The molecule has 0 bridgehead atoms. The van der Waals surface area contributed by atoms with Crippen LogP contribution >= 0.6 is 9.24 Å². The van der Waals surface area contributed by atoms with Crippen LogP contribution in [0.25, 0.3) is 0 Å². The maximum atomic E-state index is 14.0. The zero-order valence-electron chi connectivity index (χ0n) is 11.7. The number of aromatic nitrogens is 2. The minimum absolute atomic E-state index is 0.286. The molecule has 2 heterocycles. The molecule has 1 aromatic heterocycles. The van der Waals surface area contributed by atoms with E-state index in [1.165, 1.54) is 0 Å². The summed E-state index contributed by atoms with van der Waals surface area (Å²) in [5, 5.41) is 6.10. The minimum Gasteiger partial charge on any atom is -0.366 e. The average molecular weight is 306 g/mol. The van der Waals surface area contributed by atoms with E-state index in [2.05, 4.69) is 29.2 Å². The highest BCUT2D eigenvalue weighted by Crippen LogP contribution is 2.34. The second-order valence-electron chi connectivity index (χ2n) is 5.29. The standard InChI is InChI=1S/C14H16FN4OP/c1-14(15,21)9-19-7-6-10(12-8-16-20-18-12)17-11-4-2-3-5-13(11)19/h2-5,8H,6-7,9,21H2,1H3. The number of rotatable bonds is 3. The zero-order chi connectivity index (χ0) is 14.9. The molecule has 2 aromatic rings. The van der Waals surface area contributed by atoms with Gasteiger partial charge in [-0.05, 0) is 24.2 Å².